The molecule has 1 amide bonds. The number of ether oxygens (including phenoxy) is 1. The largest absolute Gasteiger partial charge is 0.497 e. The van der Waals surface area contributed by atoms with Crippen LogP contribution < -0.4 is 10.2 Å². The minimum absolute atomic E-state index is 0.0849. The number of pyridine rings is 1. The van der Waals surface area contributed by atoms with Crippen LogP contribution in [0.25, 0.3) is 0 Å². The summed E-state index contributed by atoms with van der Waals surface area (Å²) in [6.07, 6.45) is 3.51. The van der Waals surface area contributed by atoms with Gasteiger partial charge in [-0.15, -0.1) is 0 Å². The number of carbonyl (C=O) groups excluding carboxylic acids is 1. The molecule has 0 spiro atoms. The summed E-state index contributed by atoms with van der Waals surface area (Å²) < 4.78 is 5.23. The number of carbonyl (C=O) groups is 1. The number of thioether (sulfide) groups is 1. The van der Waals surface area contributed by atoms with E-state index in [1.54, 1.807) is 19.5 Å². The van der Waals surface area contributed by atoms with Gasteiger partial charge in [-0.05, 0) is 29.8 Å². The van der Waals surface area contributed by atoms with Crippen molar-refractivity contribution in [3.05, 3.63) is 59.9 Å². The van der Waals surface area contributed by atoms with Crippen molar-refractivity contribution in [1.29, 1.82) is 0 Å². The van der Waals surface area contributed by atoms with Crippen LogP contribution in [0.1, 0.15) is 17.2 Å². The standard InChI is InChI=1S/C18H16N4O2S/c1-24-13-6-4-11(5-7-13)16-15(18-20-14(23)10-25-18)17(22-21-16)12-3-2-8-19-9-12/h2-9,15-16,21H,10H2,1H3. The molecule has 1 aromatic heterocycles. The van der Waals surface area contributed by atoms with E-state index in [0.717, 1.165) is 27.6 Å². The Labute approximate surface area is 149 Å². The van der Waals surface area contributed by atoms with Gasteiger partial charge in [0.05, 0.1) is 35.6 Å². The van der Waals surface area contributed by atoms with Gasteiger partial charge in [0.1, 0.15) is 5.75 Å². The highest BCUT2D eigenvalue weighted by molar-refractivity contribution is 8.15. The molecule has 2 aliphatic rings. The number of methoxy groups -OCH3 is 1. The Morgan fingerprint density at radius 2 is 2.08 bits per heavy atom. The van der Waals surface area contributed by atoms with E-state index < -0.39 is 0 Å². The van der Waals surface area contributed by atoms with Crippen LogP contribution in [-0.2, 0) is 4.79 Å². The molecule has 7 heteroatoms. The Morgan fingerprint density at radius 3 is 2.72 bits per heavy atom. The fourth-order valence-electron chi connectivity index (χ4n) is 3.02. The lowest BCUT2D eigenvalue weighted by molar-refractivity contribution is -0.115. The highest BCUT2D eigenvalue weighted by atomic mass is 32.2. The molecule has 3 heterocycles. The first-order valence-corrected chi connectivity index (χ1v) is 8.86. The second-order valence-electron chi connectivity index (χ2n) is 5.73. The Balaban J connectivity index is 1.72. The van der Waals surface area contributed by atoms with E-state index in [-0.39, 0.29) is 17.9 Å². The van der Waals surface area contributed by atoms with Gasteiger partial charge in [-0.1, -0.05) is 23.9 Å². The van der Waals surface area contributed by atoms with Crippen molar-refractivity contribution in [3.8, 4) is 5.75 Å². The summed E-state index contributed by atoms with van der Waals surface area (Å²) in [6.45, 7) is 0. The van der Waals surface area contributed by atoms with Crippen LogP contribution in [0.5, 0.6) is 5.75 Å². The summed E-state index contributed by atoms with van der Waals surface area (Å²) in [5.41, 5.74) is 6.07. The van der Waals surface area contributed by atoms with Crippen molar-refractivity contribution in [3.63, 3.8) is 0 Å². The van der Waals surface area contributed by atoms with Crippen molar-refractivity contribution in [2.75, 3.05) is 12.9 Å². The SMILES string of the molecule is COc1ccc(C2NN=C(c3cccnc3)C2C2=NC(=O)CS2)cc1. The first-order valence-electron chi connectivity index (χ1n) is 7.88. The number of aromatic nitrogens is 1. The lowest BCUT2D eigenvalue weighted by Gasteiger charge is -2.21. The number of nitrogens with zero attached hydrogens (tertiary/aromatic N) is 3. The topological polar surface area (TPSA) is 75.9 Å². The first-order chi connectivity index (χ1) is 12.3. The van der Waals surface area contributed by atoms with Crippen molar-refractivity contribution in [2.45, 2.75) is 6.04 Å². The number of hydrogen-bond donors (Lipinski definition) is 1. The summed E-state index contributed by atoms with van der Waals surface area (Å²) in [7, 11) is 1.64. The van der Waals surface area contributed by atoms with Crippen LogP contribution in [-0.4, -0.2) is 34.5 Å². The number of hydrazone groups is 1. The van der Waals surface area contributed by atoms with E-state index in [0.29, 0.717) is 5.75 Å². The quantitative estimate of drug-likeness (QED) is 0.915. The predicted molar refractivity (Wildman–Crippen MR) is 98.0 cm³/mol. The molecule has 2 aromatic rings. The van der Waals surface area contributed by atoms with E-state index in [1.807, 2.05) is 36.4 Å². The molecule has 6 nitrogen and oxygen atoms in total. The molecule has 4 rings (SSSR count). The molecule has 0 saturated carbocycles. The zero-order chi connectivity index (χ0) is 17.2. The van der Waals surface area contributed by atoms with E-state index in [4.69, 9.17) is 4.74 Å². The molecule has 2 unspecified atom stereocenters. The summed E-state index contributed by atoms with van der Waals surface area (Å²) in [5.74, 6) is 0.982. The zero-order valence-corrected chi connectivity index (χ0v) is 14.4. The van der Waals surface area contributed by atoms with Crippen LogP contribution in [0.4, 0.5) is 0 Å². The Morgan fingerprint density at radius 1 is 1.24 bits per heavy atom. The van der Waals surface area contributed by atoms with E-state index in [1.165, 1.54) is 11.8 Å². The lowest BCUT2D eigenvalue weighted by Crippen LogP contribution is -2.27. The zero-order valence-electron chi connectivity index (χ0n) is 13.5. The molecular formula is C18H16N4O2S. The third-order valence-electron chi connectivity index (χ3n) is 4.23. The third kappa shape index (κ3) is 3.02. The Bertz CT molecular complexity index is 849. The Hall–Kier alpha value is -2.67. The molecule has 0 bridgehead atoms. The average Bonchev–Trinajstić information content (AvgIpc) is 3.28. The van der Waals surface area contributed by atoms with Gasteiger partial charge >= 0.3 is 0 Å². The molecule has 0 saturated heterocycles. The molecule has 2 aliphatic heterocycles. The van der Waals surface area contributed by atoms with Gasteiger partial charge in [-0.25, -0.2) is 4.99 Å². The van der Waals surface area contributed by atoms with Gasteiger partial charge in [0.2, 0.25) is 0 Å². The van der Waals surface area contributed by atoms with Crippen molar-refractivity contribution in [1.82, 2.24) is 10.4 Å². The van der Waals surface area contributed by atoms with Crippen molar-refractivity contribution in [2.24, 2.45) is 16.0 Å². The second-order valence-corrected chi connectivity index (χ2v) is 6.72. The number of hydrogen-bond acceptors (Lipinski definition) is 6. The van der Waals surface area contributed by atoms with E-state index in [9.17, 15) is 4.79 Å². The van der Waals surface area contributed by atoms with E-state index in [2.05, 4.69) is 20.5 Å². The Kier molecular flexibility index (Phi) is 4.23. The van der Waals surface area contributed by atoms with Gasteiger partial charge in [-0.3, -0.25) is 9.78 Å². The molecule has 1 N–H and O–H groups in total. The van der Waals surface area contributed by atoms with Gasteiger partial charge in [0.25, 0.3) is 5.91 Å². The van der Waals surface area contributed by atoms with Gasteiger partial charge < -0.3 is 10.2 Å². The van der Waals surface area contributed by atoms with Crippen molar-refractivity contribution >= 4 is 28.4 Å². The van der Waals surface area contributed by atoms with Gasteiger partial charge in [0, 0.05) is 18.0 Å². The van der Waals surface area contributed by atoms with Crippen LogP contribution in [0.2, 0.25) is 0 Å². The number of nitrogens with one attached hydrogen (secondary N) is 1. The molecule has 25 heavy (non-hydrogen) atoms. The van der Waals surface area contributed by atoms with Crippen LogP contribution >= 0.6 is 11.8 Å². The molecule has 1 aromatic carbocycles. The predicted octanol–water partition coefficient (Wildman–Crippen LogP) is 2.43. The van der Waals surface area contributed by atoms with Crippen LogP contribution in [0.3, 0.4) is 0 Å². The number of amides is 1. The number of benzene rings is 1. The maximum atomic E-state index is 11.7. The molecule has 0 radical (unpaired) electrons. The maximum Gasteiger partial charge on any atom is 0.256 e. The summed E-state index contributed by atoms with van der Waals surface area (Å²) in [4.78, 5) is 20.1. The first kappa shape index (κ1) is 15.8. The highest BCUT2D eigenvalue weighted by Crippen LogP contribution is 2.36. The summed E-state index contributed by atoms with van der Waals surface area (Å²) in [6, 6.07) is 11.6. The van der Waals surface area contributed by atoms with Crippen LogP contribution in [0, 0.1) is 5.92 Å². The fraction of sp³-hybridized carbons (Fsp3) is 0.222. The highest BCUT2D eigenvalue weighted by Gasteiger charge is 2.39. The molecule has 0 aliphatic carbocycles. The van der Waals surface area contributed by atoms with Gasteiger partial charge in [-0.2, -0.15) is 5.10 Å². The molecular weight excluding hydrogens is 336 g/mol. The minimum atomic E-state index is -0.117. The fourth-order valence-corrected chi connectivity index (χ4v) is 3.95. The third-order valence-corrected chi connectivity index (χ3v) is 5.26. The van der Waals surface area contributed by atoms with E-state index >= 15 is 0 Å². The van der Waals surface area contributed by atoms with Gasteiger partial charge in [0.15, 0.2) is 0 Å². The lowest BCUT2D eigenvalue weighted by atomic mass is 9.88. The summed E-state index contributed by atoms with van der Waals surface area (Å²) in [5, 5.41) is 5.35. The number of aliphatic imine (C=N–C) groups is 1. The van der Waals surface area contributed by atoms with Crippen LogP contribution in [0.15, 0.2) is 58.9 Å². The van der Waals surface area contributed by atoms with Crippen molar-refractivity contribution < 1.29 is 9.53 Å². The monoisotopic (exact) mass is 352 g/mol. The molecule has 0 fully saturated rings. The smallest absolute Gasteiger partial charge is 0.256 e. The average molecular weight is 352 g/mol. The maximum absolute atomic E-state index is 11.7. The number of rotatable bonds is 4. The second kappa shape index (κ2) is 6.68. The minimum Gasteiger partial charge on any atom is -0.497 e. The normalized spacial score (nSPS) is 22.4. The summed E-state index contributed by atoms with van der Waals surface area (Å²) >= 11 is 1.49. The molecule has 2 atom stereocenters. The molecule has 126 valence electrons.